The summed E-state index contributed by atoms with van der Waals surface area (Å²) in [5, 5.41) is 11.1. The molecule has 18 heavy (non-hydrogen) atoms. The summed E-state index contributed by atoms with van der Waals surface area (Å²) in [6.45, 7) is 2.00. The normalized spacial score (nSPS) is 11.0. The zero-order valence-corrected chi connectivity index (χ0v) is 11.1. The second-order valence-corrected chi connectivity index (χ2v) is 3.98. The summed E-state index contributed by atoms with van der Waals surface area (Å²) in [6.07, 6.45) is 2.47. The molecule has 5 nitrogen and oxygen atoms in total. The molecule has 0 amide bonds. The van der Waals surface area contributed by atoms with E-state index in [1.807, 2.05) is 31.2 Å². The smallest absolute Gasteiger partial charge is 0.216 e. The first-order valence-corrected chi connectivity index (χ1v) is 6.00. The topological polar surface area (TPSA) is 55.2 Å². The standard InChI is InChI=1S/C12H14N4OS/c1-3-11-14-15-12(18)16(11)13-8-9-6-4-5-7-10(9)17-2/h4-8H,3H2,1-2H3,(H,15,18)/b13-8-. The Balaban J connectivity index is 2.35. The number of nitrogens with zero attached hydrogens (tertiary/aromatic N) is 3. The van der Waals surface area contributed by atoms with Crippen molar-refractivity contribution in [1.29, 1.82) is 0 Å². The molecular weight excluding hydrogens is 248 g/mol. The number of H-pyrrole nitrogens is 1. The number of para-hydroxylation sites is 1. The first kappa shape index (κ1) is 12.5. The lowest BCUT2D eigenvalue weighted by atomic mass is 10.2. The van der Waals surface area contributed by atoms with Crippen molar-refractivity contribution in [2.45, 2.75) is 13.3 Å². The fourth-order valence-corrected chi connectivity index (χ4v) is 1.76. The van der Waals surface area contributed by atoms with Crippen LogP contribution in [0, 0.1) is 4.77 Å². The van der Waals surface area contributed by atoms with Crippen molar-refractivity contribution in [1.82, 2.24) is 14.9 Å². The van der Waals surface area contributed by atoms with Crippen molar-refractivity contribution in [2.75, 3.05) is 7.11 Å². The molecule has 6 heteroatoms. The second kappa shape index (κ2) is 5.59. The highest BCUT2D eigenvalue weighted by molar-refractivity contribution is 7.71. The molecule has 0 atom stereocenters. The summed E-state index contributed by atoms with van der Waals surface area (Å²) in [4.78, 5) is 0. The van der Waals surface area contributed by atoms with E-state index < -0.39 is 0 Å². The number of hydrogen-bond donors (Lipinski definition) is 1. The third kappa shape index (κ3) is 2.48. The molecule has 0 unspecified atom stereocenters. The van der Waals surface area contributed by atoms with E-state index in [2.05, 4.69) is 15.3 Å². The van der Waals surface area contributed by atoms with Crippen molar-refractivity contribution < 1.29 is 4.74 Å². The van der Waals surface area contributed by atoms with Gasteiger partial charge in [-0.1, -0.05) is 19.1 Å². The molecule has 0 bridgehead atoms. The molecule has 2 aromatic rings. The molecule has 1 aromatic carbocycles. The predicted octanol–water partition coefficient (Wildman–Crippen LogP) is 2.39. The van der Waals surface area contributed by atoms with Gasteiger partial charge in [0.2, 0.25) is 4.77 Å². The molecule has 94 valence electrons. The zero-order valence-electron chi connectivity index (χ0n) is 10.3. The van der Waals surface area contributed by atoms with E-state index in [0.717, 1.165) is 23.6 Å². The molecule has 1 N–H and O–H groups in total. The van der Waals surface area contributed by atoms with Crippen molar-refractivity contribution in [3.8, 4) is 5.75 Å². The Kier molecular flexibility index (Phi) is 3.88. The van der Waals surface area contributed by atoms with Gasteiger partial charge in [0.1, 0.15) is 5.75 Å². The van der Waals surface area contributed by atoms with Crippen LogP contribution in [0.15, 0.2) is 29.4 Å². The number of ether oxygens (including phenoxy) is 1. The van der Waals surface area contributed by atoms with Gasteiger partial charge in [0.15, 0.2) is 5.82 Å². The van der Waals surface area contributed by atoms with Gasteiger partial charge in [-0.2, -0.15) is 14.9 Å². The van der Waals surface area contributed by atoms with Crippen LogP contribution in [-0.2, 0) is 6.42 Å². The molecule has 2 rings (SSSR count). The maximum Gasteiger partial charge on any atom is 0.216 e. The van der Waals surface area contributed by atoms with Crippen LogP contribution in [0.25, 0.3) is 0 Å². The second-order valence-electron chi connectivity index (χ2n) is 3.60. The van der Waals surface area contributed by atoms with Crippen LogP contribution in [0.4, 0.5) is 0 Å². The summed E-state index contributed by atoms with van der Waals surface area (Å²) in [6, 6.07) is 7.66. The largest absolute Gasteiger partial charge is 0.496 e. The van der Waals surface area contributed by atoms with Crippen molar-refractivity contribution in [2.24, 2.45) is 5.10 Å². The van der Waals surface area contributed by atoms with Crippen molar-refractivity contribution >= 4 is 18.4 Å². The van der Waals surface area contributed by atoms with Crippen LogP contribution >= 0.6 is 12.2 Å². The fourth-order valence-electron chi connectivity index (χ4n) is 1.57. The Morgan fingerprint density at radius 2 is 2.28 bits per heavy atom. The molecule has 0 saturated carbocycles. The number of aromatic nitrogens is 3. The summed E-state index contributed by atoms with van der Waals surface area (Å²) >= 11 is 5.12. The lowest BCUT2D eigenvalue weighted by Gasteiger charge is -2.03. The number of methoxy groups -OCH3 is 1. The highest BCUT2D eigenvalue weighted by Gasteiger charge is 2.02. The fraction of sp³-hybridized carbons (Fsp3) is 0.250. The van der Waals surface area contributed by atoms with E-state index >= 15 is 0 Å². The van der Waals surface area contributed by atoms with Crippen LogP contribution < -0.4 is 4.74 Å². The molecule has 0 aliphatic rings. The Labute approximate surface area is 110 Å². The summed E-state index contributed by atoms with van der Waals surface area (Å²) in [5.41, 5.74) is 0.894. The van der Waals surface area contributed by atoms with Gasteiger partial charge >= 0.3 is 0 Å². The minimum Gasteiger partial charge on any atom is -0.496 e. The van der Waals surface area contributed by atoms with Gasteiger partial charge in [0.25, 0.3) is 0 Å². The monoisotopic (exact) mass is 262 g/mol. The van der Waals surface area contributed by atoms with E-state index in [9.17, 15) is 0 Å². The predicted molar refractivity (Wildman–Crippen MR) is 72.8 cm³/mol. The number of aromatic amines is 1. The van der Waals surface area contributed by atoms with E-state index in [4.69, 9.17) is 17.0 Å². The van der Waals surface area contributed by atoms with E-state index in [-0.39, 0.29) is 0 Å². The third-order valence-electron chi connectivity index (χ3n) is 2.48. The Morgan fingerprint density at radius 1 is 1.50 bits per heavy atom. The first-order chi connectivity index (χ1) is 8.76. The molecule has 1 aromatic heterocycles. The Hall–Kier alpha value is -1.95. The van der Waals surface area contributed by atoms with Gasteiger partial charge in [-0.05, 0) is 24.4 Å². The first-order valence-electron chi connectivity index (χ1n) is 5.60. The number of rotatable bonds is 4. The van der Waals surface area contributed by atoms with Gasteiger partial charge in [0.05, 0.1) is 13.3 Å². The van der Waals surface area contributed by atoms with Gasteiger partial charge in [-0.25, -0.2) is 0 Å². The van der Waals surface area contributed by atoms with Gasteiger partial charge < -0.3 is 4.74 Å². The average Bonchev–Trinajstić information content (AvgIpc) is 2.77. The van der Waals surface area contributed by atoms with Crippen LogP contribution in [0.1, 0.15) is 18.3 Å². The summed E-state index contributed by atoms with van der Waals surface area (Å²) < 4.78 is 7.35. The number of benzene rings is 1. The van der Waals surface area contributed by atoms with Crippen molar-refractivity contribution in [3.63, 3.8) is 0 Å². The van der Waals surface area contributed by atoms with E-state index in [1.165, 1.54) is 0 Å². The minimum absolute atomic E-state index is 0.484. The minimum atomic E-state index is 0.484. The van der Waals surface area contributed by atoms with Gasteiger partial charge in [-0.15, -0.1) is 0 Å². The number of aryl methyl sites for hydroxylation is 1. The van der Waals surface area contributed by atoms with E-state index in [1.54, 1.807) is 18.0 Å². The van der Waals surface area contributed by atoms with Crippen LogP contribution in [-0.4, -0.2) is 28.2 Å². The lowest BCUT2D eigenvalue weighted by molar-refractivity contribution is 0.414. The molecule has 0 fully saturated rings. The van der Waals surface area contributed by atoms with Crippen LogP contribution in [0.5, 0.6) is 5.75 Å². The highest BCUT2D eigenvalue weighted by Crippen LogP contribution is 2.14. The SMILES string of the molecule is CCc1n[nH]c(=S)n1/N=C\c1ccccc1OC. The lowest BCUT2D eigenvalue weighted by Crippen LogP contribution is -1.98. The summed E-state index contributed by atoms with van der Waals surface area (Å²) in [5.74, 6) is 1.57. The maximum absolute atomic E-state index is 5.25. The highest BCUT2D eigenvalue weighted by atomic mass is 32.1. The molecule has 0 aliphatic carbocycles. The quantitative estimate of drug-likeness (QED) is 0.680. The number of hydrogen-bond acceptors (Lipinski definition) is 4. The van der Waals surface area contributed by atoms with E-state index in [0.29, 0.717) is 4.77 Å². The molecule has 0 spiro atoms. The molecule has 0 aliphatic heterocycles. The van der Waals surface area contributed by atoms with Crippen molar-refractivity contribution in [3.05, 3.63) is 40.4 Å². The van der Waals surface area contributed by atoms with Crippen LogP contribution in [0.3, 0.4) is 0 Å². The molecule has 0 saturated heterocycles. The Bertz CT molecular complexity index is 615. The zero-order chi connectivity index (χ0) is 13.0. The third-order valence-corrected chi connectivity index (χ3v) is 2.75. The molecule has 1 heterocycles. The molecular formula is C12H14N4OS. The Morgan fingerprint density at radius 3 is 3.00 bits per heavy atom. The average molecular weight is 262 g/mol. The number of nitrogens with one attached hydrogen (secondary N) is 1. The van der Waals surface area contributed by atoms with Gasteiger partial charge in [0, 0.05) is 12.0 Å². The van der Waals surface area contributed by atoms with Crippen LogP contribution in [0.2, 0.25) is 0 Å². The molecule has 0 radical (unpaired) electrons. The van der Waals surface area contributed by atoms with Gasteiger partial charge in [-0.3, -0.25) is 5.10 Å². The summed E-state index contributed by atoms with van der Waals surface area (Å²) in [7, 11) is 1.63. The maximum atomic E-state index is 5.25.